The average molecular weight is 220 g/mol. The standard InChI is InChI=1S/C15H24O/c1-11-5-8-13(9-6-11)12(2)7-10-14-15(3,4)16-14/h5,13-14H,2,6-10H2,1,3-4H3. The summed E-state index contributed by atoms with van der Waals surface area (Å²) in [5.74, 6) is 0.727. The fourth-order valence-corrected chi connectivity index (χ4v) is 2.60. The van der Waals surface area contributed by atoms with Crippen LogP contribution in [0.3, 0.4) is 0 Å². The van der Waals surface area contributed by atoms with Crippen LogP contribution in [0.4, 0.5) is 0 Å². The third-order valence-electron chi connectivity index (χ3n) is 4.11. The van der Waals surface area contributed by atoms with Gasteiger partial charge >= 0.3 is 0 Å². The van der Waals surface area contributed by atoms with Crippen molar-refractivity contribution in [1.82, 2.24) is 0 Å². The maximum atomic E-state index is 5.61. The van der Waals surface area contributed by atoms with Gasteiger partial charge < -0.3 is 4.74 Å². The number of rotatable bonds is 4. The van der Waals surface area contributed by atoms with E-state index < -0.39 is 0 Å². The van der Waals surface area contributed by atoms with Crippen molar-refractivity contribution in [3.05, 3.63) is 23.8 Å². The summed E-state index contributed by atoms with van der Waals surface area (Å²) in [6.45, 7) is 10.8. The fraction of sp³-hybridized carbons (Fsp3) is 0.733. The van der Waals surface area contributed by atoms with Gasteiger partial charge in [0.25, 0.3) is 0 Å². The fourth-order valence-electron chi connectivity index (χ4n) is 2.60. The summed E-state index contributed by atoms with van der Waals surface area (Å²) in [7, 11) is 0. The second-order valence-corrected chi connectivity index (χ2v) is 5.93. The van der Waals surface area contributed by atoms with Crippen molar-refractivity contribution in [3.63, 3.8) is 0 Å². The van der Waals surface area contributed by atoms with Gasteiger partial charge in [-0.1, -0.05) is 23.8 Å². The van der Waals surface area contributed by atoms with Crippen LogP contribution in [0.15, 0.2) is 23.8 Å². The van der Waals surface area contributed by atoms with E-state index in [2.05, 4.69) is 33.4 Å². The van der Waals surface area contributed by atoms with Crippen LogP contribution in [-0.2, 0) is 4.74 Å². The summed E-state index contributed by atoms with van der Waals surface area (Å²) in [4.78, 5) is 0. The largest absolute Gasteiger partial charge is 0.367 e. The van der Waals surface area contributed by atoms with Gasteiger partial charge in [0, 0.05) is 0 Å². The molecule has 0 saturated carbocycles. The van der Waals surface area contributed by atoms with Crippen LogP contribution >= 0.6 is 0 Å². The molecule has 2 rings (SSSR count). The van der Waals surface area contributed by atoms with Crippen LogP contribution in [0, 0.1) is 5.92 Å². The van der Waals surface area contributed by atoms with Crippen molar-refractivity contribution < 1.29 is 4.74 Å². The third kappa shape index (κ3) is 2.76. The highest BCUT2D eigenvalue weighted by Crippen LogP contribution is 2.40. The molecule has 0 aromatic rings. The molecule has 1 heterocycles. The van der Waals surface area contributed by atoms with Crippen LogP contribution in [0.1, 0.15) is 52.9 Å². The van der Waals surface area contributed by atoms with Crippen molar-refractivity contribution in [2.45, 2.75) is 64.6 Å². The molecule has 2 aliphatic rings. The first-order valence-corrected chi connectivity index (χ1v) is 6.50. The van der Waals surface area contributed by atoms with Gasteiger partial charge in [-0.3, -0.25) is 0 Å². The third-order valence-corrected chi connectivity index (χ3v) is 4.11. The van der Waals surface area contributed by atoms with Crippen molar-refractivity contribution in [3.8, 4) is 0 Å². The zero-order valence-corrected chi connectivity index (χ0v) is 10.9. The highest BCUT2D eigenvalue weighted by Gasteiger charge is 2.46. The Bertz CT molecular complexity index is 311. The minimum Gasteiger partial charge on any atom is -0.367 e. The lowest BCUT2D eigenvalue weighted by molar-refractivity contribution is 0.319. The molecule has 0 bridgehead atoms. The lowest BCUT2D eigenvalue weighted by Gasteiger charge is -2.22. The van der Waals surface area contributed by atoms with E-state index in [1.807, 2.05) is 0 Å². The van der Waals surface area contributed by atoms with E-state index >= 15 is 0 Å². The molecule has 0 radical (unpaired) electrons. The van der Waals surface area contributed by atoms with Crippen LogP contribution in [0.5, 0.6) is 0 Å². The van der Waals surface area contributed by atoms with Gasteiger partial charge in [0.2, 0.25) is 0 Å². The normalized spacial score (nSPS) is 32.1. The van der Waals surface area contributed by atoms with E-state index in [1.165, 1.54) is 24.8 Å². The molecule has 1 heteroatoms. The Morgan fingerprint density at radius 3 is 2.75 bits per heavy atom. The predicted molar refractivity (Wildman–Crippen MR) is 68.4 cm³/mol. The summed E-state index contributed by atoms with van der Waals surface area (Å²) in [6.07, 6.45) is 8.93. The molecule has 0 amide bonds. The first-order chi connectivity index (χ1) is 7.49. The molecule has 1 fully saturated rings. The van der Waals surface area contributed by atoms with E-state index in [4.69, 9.17) is 4.74 Å². The topological polar surface area (TPSA) is 12.5 Å². The molecule has 0 aromatic carbocycles. The number of allylic oxidation sites excluding steroid dienone is 3. The van der Waals surface area contributed by atoms with Crippen LogP contribution < -0.4 is 0 Å². The van der Waals surface area contributed by atoms with Gasteiger partial charge in [0.15, 0.2) is 0 Å². The van der Waals surface area contributed by atoms with Gasteiger partial charge in [-0.15, -0.1) is 0 Å². The van der Waals surface area contributed by atoms with Gasteiger partial charge in [-0.05, 0) is 58.8 Å². The number of epoxide rings is 1. The molecule has 1 aliphatic carbocycles. The SMILES string of the molecule is C=C(CCC1OC1(C)C)C1CC=C(C)CC1. The number of hydrogen-bond donors (Lipinski definition) is 0. The Labute approximate surface area is 99.6 Å². The summed E-state index contributed by atoms with van der Waals surface area (Å²) >= 11 is 0. The summed E-state index contributed by atoms with van der Waals surface area (Å²) in [5.41, 5.74) is 3.13. The number of ether oxygens (including phenoxy) is 1. The van der Waals surface area contributed by atoms with Gasteiger partial charge in [-0.2, -0.15) is 0 Å². The van der Waals surface area contributed by atoms with Crippen LogP contribution in [0.25, 0.3) is 0 Å². The summed E-state index contributed by atoms with van der Waals surface area (Å²) in [6, 6.07) is 0. The lowest BCUT2D eigenvalue weighted by atomic mass is 9.83. The molecular formula is C15H24O. The van der Waals surface area contributed by atoms with E-state index in [0.717, 1.165) is 18.8 Å². The maximum absolute atomic E-state index is 5.61. The number of hydrogen-bond acceptors (Lipinski definition) is 1. The monoisotopic (exact) mass is 220 g/mol. The zero-order valence-electron chi connectivity index (χ0n) is 10.9. The molecule has 2 unspecified atom stereocenters. The molecule has 16 heavy (non-hydrogen) atoms. The molecule has 1 aliphatic heterocycles. The Morgan fingerprint density at radius 2 is 2.25 bits per heavy atom. The van der Waals surface area contributed by atoms with E-state index in [9.17, 15) is 0 Å². The van der Waals surface area contributed by atoms with Gasteiger partial charge in [0.1, 0.15) is 0 Å². The van der Waals surface area contributed by atoms with Crippen molar-refractivity contribution in [2.24, 2.45) is 5.92 Å². The van der Waals surface area contributed by atoms with Crippen LogP contribution in [0.2, 0.25) is 0 Å². The van der Waals surface area contributed by atoms with Gasteiger partial charge in [-0.25, -0.2) is 0 Å². The van der Waals surface area contributed by atoms with E-state index in [-0.39, 0.29) is 5.60 Å². The molecule has 0 N–H and O–H groups in total. The Hall–Kier alpha value is -0.560. The lowest BCUT2D eigenvalue weighted by Crippen LogP contribution is -2.09. The molecular weight excluding hydrogens is 196 g/mol. The second-order valence-electron chi connectivity index (χ2n) is 5.93. The Kier molecular flexibility index (Phi) is 3.25. The zero-order chi connectivity index (χ0) is 11.8. The first kappa shape index (κ1) is 11.9. The highest BCUT2D eigenvalue weighted by molar-refractivity contribution is 5.12. The molecule has 90 valence electrons. The molecule has 1 saturated heterocycles. The minimum absolute atomic E-state index is 0.142. The highest BCUT2D eigenvalue weighted by atomic mass is 16.6. The van der Waals surface area contributed by atoms with Crippen LogP contribution in [-0.4, -0.2) is 11.7 Å². The van der Waals surface area contributed by atoms with Crippen molar-refractivity contribution in [1.29, 1.82) is 0 Å². The average Bonchev–Trinajstić information content (AvgIpc) is 2.84. The molecule has 0 aromatic heterocycles. The quantitative estimate of drug-likeness (QED) is 0.510. The minimum atomic E-state index is 0.142. The predicted octanol–water partition coefficient (Wildman–Crippen LogP) is 4.25. The first-order valence-electron chi connectivity index (χ1n) is 6.50. The molecule has 0 spiro atoms. The van der Waals surface area contributed by atoms with E-state index in [0.29, 0.717) is 6.10 Å². The Morgan fingerprint density at radius 1 is 1.56 bits per heavy atom. The van der Waals surface area contributed by atoms with Crippen molar-refractivity contribution in [2.75, 3.05) is 0 Å². The summed E-state index contributed by atoms with van der Waals surface area (Å²) in [5, 5.41) is 0. The molecule has 1 nitrogen and oxygen atoms in total. The van der Waals surface area contributed by atoms with Gasteiger partial charge in [0.05, 0.1) is 11.7 Å². The van der Waals surface area contributed by atoms with E-state index in [1.54, 1.807) is 5.57 Å². The maximum Gasteiger partial charge on any atom is 0.0892 e. The van der Waals surface area contributed by atoms with Crippen molar-refractivity contribution >= 4 is 0 Å². The second kappa shape index (κ2) is 4.37. The summed E-state index contributed by atoms with van der Waals surface area (Å²) < 4.78 is 5.61. The Balaban J connectivity index is 1.73. The smallest absolute Gasteiger partial charge is 0.0892 e. The molecule has 2 atom stereocenters.